The lowest BCUT2D eigenvalue weighted by Crippen LogP contribution is -2.33. The molecule has 2 unspecified atom stereocenters. The molecule has 1 N–H and O–H groups in total. The van der Waals surface area contributed by atoms with Crippen LogP contribution >= 0.6 is 0 Å². The van der Waals surface area contributed by atoms with Crippen molar-refractivity contribution in [1.29, 1.82) is 0 Å². The van der Waals surface area contributed by atoms with Gasteiger partial charge in [0, 0.05) is 30.0 Å². The Hall–Kier alpha value is -1.81. The summed E-state index contributed by atoms with van der Waals surface area (Å²) in [4.78, 5) is 0. The van der Waals surface area contributed by atoms with Crippen molar-refractivity contribution in [3.8, 4) is 5.75 Å². The lowest BCUT2D eigenvalue weighted by Gasteiger charge is -2.22. The van der Waals surface area contributed by atoms with E-state index in [0.29, 0.717) is 6.04 Å². The second kappa shape index (κ2) is 6.57. The van der Waals surface area contributed by atoms with Gasteiger partial charge in [-0.1, -0.05) is 17.7 Å². The SMILES string of the molecule is COc1ccc(C)cc1C(C)NC(C)Cn1cccn1. The highest BCUT2D eigenvalue weighted by atomic mass is 16.5. The van der Waals surface area contributed by atoms with E-state index in [-0.39, 0.29) is 6.04 Å². The second-order valence-corrected chi connectivity index (χ2v) is 5.26. The van der Waals surface area contributed by atoms with E-state index in [1.54, 1.807) is 13.3 Å². The molecule has 0 aliphatic rings. The Kier molecular flexibility index (Phi) is 4.79. The summed E-state index contributed by atoms with van der Waals surface area (Å²) in [7, 11) is 1.72. The maximum atomic E-state index is 5.45. The first-order valence-corrected chi connectivity index (χ1v) is 6.98. The third kappa shape index (κ3) is 3.61. The van der Waals surface area contributed by atoms with Crippen LogP contribution < -0.4 is 10.1 Å². The lowest BCUT2D eigenvalue weighted by atomic mass is 10.0. The van der Waals surface area contributed by atoms with Crippen LogP contribution in [0.2, 0.25) is 0 Å². The molecule has 4 heteroatoms. The minimum atomic E-state index is 0.232. The fourth-order valence-electron chi connectivity index (χ4n) is 2.45. The molecule has 1 heterocycles. The Morgan fingerprint density at radius 1 is 1.35 bits per heavy atom. The Morgan fingerprint density at radius 2 is 2.15 bits per heavy atom. The molecule has 0 bridgehead atoms. The third-order valence-corrected chi connectivity index (χ3v) is 3.41. The number of ether oxygens (including phenoxy) is 1. The summed E-state index contributed by atoms with van der Waals surface area (Å²) in [6.07, 6.45) is 3.79. The van der Waals surface area contributed by atoms with Crippen molar-refractivity contribution < 1.29 is 4.74 Å². The molecule has 0 fully saturated rings. The van der Waals surface area contributed by atoms with Crippen LogP contribution in [0.1, 0.15) is 31.0 Å². The third-order valence-electron chi connectivity index (χ3n) is 3.41. The molecule has 2 rings (SSSR count). The zero-order valence-electron chi connectivity index (χ0n) is 12.6. The monoisotopic (exact) mass is 273 g/mol. The molecule has 2 aromatic rings. The first-order valence-electron chi connectivity index (χ1n) is 6.98. The average molecular weight is 273 g/mol. The van der Waals surface area contributed by atoms with Gasteiger partial charge in [0.2, 0.25) is 0 Å². The fraction of sp³-hybridized carbons (Fsp3) is 0.438. The van der Waals surface area contributed by atoms with Gasteiger partial charge in [-0.25, -0.2) is 0 Å². The quantitative estimate of drug-likeness (QED) is 0.879. The molecule has 4 nitrogen and oxygen atoms in total. The van der Waals surface area contributed by atoms with Crippen molar-refractivity contribution in [1.82, 2.24) is 15.1 Å². The van der Waals surface area contributed by atoms with Crippen LogP contribution in [0.4, 0.5) is 0 Å². The molecule has 108 valence electrons. The molecule has 2 atom stereocenters. The highest BCUT2D eigenvalue weighted by Crippen LogP contribution is 2.26. The van der Waals surface area contributed by atoms with Crippen LogP contribution in [0.3, 0.4) is 0 Å². The molecule has 0 spiro atoms. The summed E-state index contributed by atoms with van der Waals surface area (Å²) in [6.45, 7) is 7.28. The molecule has 0 saturated heterocycles. The van der Waals surface area contributed by atoms with Gasteiger partial charge in [0.15, 0.2) is 0 Å². The maximum Gasteiger partial charge on any atom is 0.123 e. The van der Waals surface area contributed by atoms with Gasteiger partial charge in [-0.2, -0.15) is 5.10 Å². The van der Waals surface area contributed by atoms with Crippen molar-refractivity contribution in [3.05, 3.63) is 47.8 Å². The Bertz CT molecular complexity index is 537. The summed E-state index contributed by atoms with van der Waals surface area (Å²) in [5.41, 5.74) is 2.44. The van der Waals surface area contributed by atoms with Gasteiger partial charge in [0.05, 0.1) is 13.7 Å². The van der Waals surface area contributed by atoms with Crippen LogP contribution in [0.25, 0.3) is 0 Å². The van der Waals surface area contributed by atoms with Gasteiger partial charge in [0.25, 0.3) is 0 Å². The van der Waals surface area contributed by atoms with Crippen LogP contribution in [0.15, 0.2) is 36.7 Å². The predicted octanol–water partition coefficient (Wildman–Crippen LogP) is 2.94. The number of hydrogen-bond acceptors (Lipinski definition) is 3. The largest absolute Gasteiger partial charge is 0.496 e. The van der Waals surface area contributed by atoms with E-state index in [9.17, 15) is 0 Å². The van der Waals surface area contributed by atoms with Crippen LogP contribution in [0, 0.1) is 6.92 Å². The molecule has 0 aliphatic carbocycles. The topological polar surface area (TPSA) is 39.1 Å². The molecule has 20 heavy (non-hydrogen) atoms. The van der Waals surface area contributed by atoms with Crippen molar-refractivity contribution in [2.24, 2.45) is 0 Å². The second-order valence-electron chi connectivity index (χ2n) is 5.26. The van der Waals surface area contributed by atoms with Gasteiger partial charge in [-0.3, -0.25) is 4.68 Å². The van der Waals surface area contributed by atoms with Crippen molar-refractivity contribution in [2.45, 2.75) is 39.4 Å². The van der Waals surface area contributed by atoms with Crippen LogP contribution in [-0.2, 0) is 6.54 Å². The van der Waals surface area contributed by atoms with Gasteiger partial charge in [0.1, 0.15) is 5.75 Å². The number of nitrogens with zero attached hydrogens (tertiary/aromatic N) is 2. The number of benzene rings is 1. The van der Waals surface area contributed by atoms with E-state index in [0.717, 1.165) is 12.3 Å². The molecule has 0 amide bonds. The van der Waals surface area contributed by atoms with Crippen LogP contribution in [0.5, 0.6) is 5.75 Å². The highest BCUT2D eigenvalue weighted by Gasteiger charge is 2.14. The van der Waals surface area contributed by atoms with Crippen molar-refractivity contribution in [2.75, 3.05) is 7.11 Å². The smallest absolute Gasteiger partial charge is 0.123 e. The summed E-state index contributed by atoms with van der Waals surface area (Å²) in [5, 5.41) is 7.83. The number of aryl methyl sites for hydroxylation is 1. The summed E-state index contributed by atoms with van der Waals surface area (Å²) < 4.78 is 7.39. The zero-order chi connectivity index (χ0) is 14.5. The zero-order valence-corrected chi connectivity index (χ0v) is 12.6. The highest BCUT2D eigenvalue weighted by molar-refractivity contribution is 5.38. The lowest BCUT2D eigenvalue weighted by molar-refractivity contribution is 0.382. The first kappa shape index (κ1) is 14.6. The van der Waals surface area contributed by atoms with E-state index in [2.05, 4.69) is 43.3 Å². The fourth-order valence-corrected chi connectivity index (χ4v) is 2.45. The molecule has 1 aromatic carbocycles. The summed E-state index contributed by atoms with van der Waals surface area (Å²) >= 11 is 0. The van der Waals surface area contributed by atoms with Gasteiger partial charge in [-0.15, -0.1) is 0 Å². The normalized spacial score (nSPS) is 14.0. The maximum absolute atomic E-state index is 5.45. The number of methoxy groups -OCH3 is 1. The van der Waals surface area contributed by atoms with E-state index in [1.807, 2.05) is 23.0 Å². The number of rotatable bonds is 6. The number of nitrogens with one attached hydrogen (secondary N) is 1. The number of aromatic nitrogens is 2. The van der Waals surface area contributed by atoms with E-state index in [1.165, 1.54) is 11.1 Å². The van der Waals surface area contributed by atoms with Crippen LogP contribution in [-0.4, -0.2) is 22.9 Å². The molecule has 1 aromatic heterocycles. The standard InChI is InChI=1S/C16H23N3O/c1-12-6-7-16(20-4)15(10-12)14(3)18-13(2)11-19-9-5-8-17-19/h5-10,13-14,18H,11H2,1-4H3. The minimum Gasteiger partial charge on any atom is -0.496 e. The summed E-state index contributed by atoms with van der Waals surface area (Å²) in [5.74, 6) is 0.932. The molecule has 0 radical (unpaired) electrons. The minimum absolute atomic E-state index is 0.232. The Labute approximate surface area is 120 Å². The van der Waals surface area contributed by atoms with Gasteiger partial charge >= 0.3 is 0 Å². The Morgan fingerprint density at radius 3 is 2.80 bits per heavy atom. The van der Waals surface area contributed by atoms with Crippen molar-refractivity contribution >= 4 is 0 Å². The molecule has 0 saturated carbocycles. The Balaban J connectivity index is 2.03. The van der Waals surface area contributed by atoms with E-state index < -0.39 is 0 Å². The first-order chi connectivity index (χ1) is 9.60. The van der Waals surface area contributed by atoms with Gasteiger partial charge < -0.3 is 10.1 Å². The predicted molar refractivity (Wildman–Crippen MR) is 81.0 cm³/mol. The molecular weight excluding hydrogens is 250 g/mol. The van der Waals surface area contributed by atoms with E-state index in [4.69, 9.17) is 4.74 Å². The average Bonchev–Trinajstić information content (AvgIpc) is 2.91. The summed E-state index contributed by atoms with van der Waals surface area (Å²) in [6, 6.07) is 8.78. The van der Waals surface area contributed by atoms with E-state index >= 15 is 0 Å². The number of hydrogen-bond donors (Lipinski definition) is 1. The van der Waals surface area contributed by atoms with Gasteiger partial charge in [-0.05, 0) is 32.9 Å². The molecular formula is C16H23N3O. The molecule has 0 aliphatic heterocycles. The van der Waals surface area contributed by atoms with Crippen molar-refractivity contribution in [3.63, 3.8) is 0 Å².